The van der Waals surface area contributed by atoms with Crippen LogP contribution in [0.4, 0.5) is 0 Å². The molecule has 0 fully saturated rings. The lowest BCUT2D eigenvalue weighted by molar-refractivity contribution is 0.568. The number of carbonyl (C=O) groups excluding carboxylic acids is 1. The monoisotopic (exact) mass is 133 g/mol. The van der Waals surface area contributed by atoms with Crippen LogP contribution in [0.5, 0.6) is 0 Å². The second-order valence-corrected chi connectivity index (χ2v) is 1.17. The normalized spacial score (nSPS) is 6.60. The summed E-state index contributed by atoms with van der Waals surface area (Å²) in [5.41, 5.74) is 0. The van der Waals surface area contributed by atoms with Crippen molar-refractivity contribution in [3.63, 3.8) is 0 Å². The third-order valence-electron chi connectivity index (χ3n) is 0.185. The van der Waals surface area contributed by atoms with Crippen LogP contribution < -0.4 is 0 Å². The SMILES string of the molecule is O=C[B]CBr. The van der Waals surface area contributed by atoms with Crippen LogP contribution in [0.2, 0.25) is 0 Å². The predicted octanol–water partition coefficient (Wildman–Crippen LogP) is 0.233. The van der Waals surface area contributed by atoms with E-state index in [0.29, 0.717) is 5.23 Å². The predicted molar refractivity (Wildman–Crippen MR) is 26.3 cm³/mol. The second kappa shape index (κ2) is 4.21. The maximum absolute atomic E-state index is 9.32. The minimum Gasteiger partial charge on any atom is -0.315 e. The van der Waals surface area contributed by atoms with Crippen molar-refractivity contribution in [2.75, 3.05) is 5.23 Å². The molecule has 0 aliphatic heterocycles. The van der Waals surface area contributed by atoms with Gasteiger partial charge >= 0.3 is 0 Å². The Morgan fingerprint density at radius 1 is 2.00 bits per heavy atom. The molecule has 0 aliphatic rings. The van der Waals surface area contributed by atoms with Crippen LogP contribution in [0.25, 0.3) is 0 Å². The summed E-state index contributed by atoms with van der Waals surface area (Å²) < 4.78 is 0. The molecule has 0 saturated heterocycles. The molecule has 1 nitrogen and oxygen atoms in total. The van der Waals surface area contributed by atoms with Crippen LogP contribution in [0.3, 0.4) is 0 Å². The Labute approximate surface area is 40.1 Å². The second-order valence-electron chi connectivity index (χ2n) is 0.526. The van der Waals surface area contributed by atoms with Gasteiger partial charge in [0.2, 0.25) is 7.28 Å². The average Bonchev–Trinajstić information content (AvgIpc) is 1.41. The van der Waals surface area contributed by atoms with Gasteiger partial charge in [-0.15, -0.1) is 15.9 Å². The molecule has 0 heterocycles. The zero-order valence-electron chi connectivity index (χ0n) is 2.65. The molecular formula is C2H3BBrO. The fourth-order valence-electron chi connectivity index (χ4n) is 0.0364. The summed E-state index contributed by atoms with van der Waals surface area (Å²) in [6.45, 7) is 0. The van der Waals surface area contributed by atoms with Crippen molar-refractivity contribution in [1.29, 1.82) is 0 Å². The molecule has 0 rings (SSSR count). The van der Waals surface area contributed by atoms with E-state index in [9.17, 15) is 4.79 Å². The van der Waals surface area contributed by atoms with Crippen LogP contribution in [0.1, 0.15) is 0 Å². The van der Waals surface area contributed by atoms with Crippen LogP contribution in [-0.2, 0) is 4.79 Å². The van der Waals surface area contributed by atoms with Gasteiger partial charge in [-0.05, 0) is 5.23 Å². The van der Waals surface area contributed by atoms with Crippen molar-refractivity contribution >= 4 is 29.4 Å². The molecule has 0 aromatic heterocycles. The maximum Gasteiger partial charge on any atom is 0.209 e. The molecule has 0 N–H and O–H groups in total. The molecule has 0 atom stereocenters. The van der Waals surface area contributed by atoms with Gasteiger partial charge in [0.05, 0.1) is 6.19 Å². The quantitative estimate of drug-likeness (QED) is 0.300. The van der Waals surface area contributed by atoms with Crippen molar-refractivity contribution in [3.05, 3.63) is 0 Å². The molecule has 0 aromatic rings. The minimum atomic E-state index is 0.663. The molecule has 27 valence electrons. The molecule has 0 unspecified atom stereocenters. The Kier molecular flexibility index (Phi) is 4.40. The summed E-state index contributed by atoms with van der Waals surface area (Å²) in [6.07, 6.45) is 0.759. The first kappa shape index (κ1) is 5.21. The first-order valence-corrected chi connectivity index (χ1v) is 2.37. The number of carbonyl (C=O) groups is 1. The Balaban J connectivity index is 2.40. The van der Waals surface area contributed by atoms with Gasteiger partial charge in [0.1, 0.15) is 0 Å². The Morgan fingerprint density at radius 3 is 2.60 bits per heavy atom. The van der Waals surface area contributed by atoms with Crippen molar-refractivity contribution < 1.29 is 4.79 Å². The fourth-order valence-corrected chi connectivity index (χ4v) is 0.189. The number of hydrogen-bond acceptors (Lipinski definition) is 1. The maximum atomic E-state index is 9.32. The Hall–Kier alpha value is 0.215. The van der Waals surface area contributed by atoms with E-state index in [1.165, 1.54) is 7.28 Å². The summed E-state index contributed by atoms with van der Waals surface area (Å²) in [4.78, 5) is 9.32. The van der Waals surface area contributed by atoms with E-state index in [-0.39, 0.29) is 0 Å². The van der Waals surface area contributed by atoms with Crippen LogP contribution in [-0.4, -0.2) is 18.7 Å². The van der Waals surface area contributed by atoms with E-state index in [1.54, 1.807) is 0 Å². The third kappa shape index (κ3) is 4.21. The largest absolute Gasteiger partial charge is 0.315 e. The summed E-state index contributed by atoms with van der Waals surface area (Å²) in [5, 5.41) is 0.663. The summed E-state index contributed by atoms with van der Waals surface area (Å²) >= 11 is 3.02. The highest BCUT2D eigenvalue weighted by Gasteiger charge is 1.74. The lowest BCUT2D eigenvalue weighted by Gasteiger charge is -1.62. The Morgan fingerprint density at radius 2 is 2.60 bits per heavy atom. The fraction of sp³-hybridized carbons (Fsp3) is 0.500. The number of rotatable bonds is 2. The Bertz CT molecular complexity index is 30.8. The van der Waals surface area contributed by atoms with Gasteiger partial charge in [0.15, 0.2) is 0 Å². The average molecular weight is 134 g/mol. The first-order chi connectivity index (χ1) is 2.41. The van der Waals surface area contributed by atoms with Crippen molar-refractivity contribution in [3.8, 4) is 0 Å². The van der Waals surface area contributed by atoms with Crippen LogP contribution in [0, 0.1) is 0 Å². The molecule has 3 heteroatoms. The molecule has 0 bridgehead atoms. The molecular weight excluding hydrogens is 131 g/mol. The highest BCUT2D eigenvalue weighted by atomic mass is 79.9. The molecule has 0 aromatic carbocycles. The van der Waals surface area contributed by atoms with Gasteiger partial charge in [-0.3, -0.25) is 0 Å². The topological polar surface area (TPSA) is 17.1 Å². The van der Waals surface area contributed by atoms with Gasteiger partial charge < -0.3 is 4.79 Å². The number of alkyl halides is 1. The standard InChI is InChI=1S/C2H3BBrO/c4-1-3-2-5/h2H,1H2. The van der Waals surface area contributed by atoms with E-state index in [0.717, 1.165) is 6.19 Å². The van der Waals surface area contributed by atoms with Crippen LogP contribution in [0.15, 0.2) is 0 Å². The third-order valence-corrected chi connectivity index (χ3v) is 0.559. The molecule has 0 amide bonds. The van der Waals surface area contributed by atoms with Crippen molar-refractivity contribution in [2.45, 2.75) is 0 Å². The van der Waals surface area contributed by atoms with Crippen molar-refractivity contribution in [2.24, 2.45) is 0 Å². The van der Waals surface area contributed by atoms with Crippen LogP contribution >= 0.6 is 15.9 Å². The molecule has 1 radical (unpaired) electrons. The molecule has 0 aliphatic carbocycles. The summed E-state index contributed by atoms with van der Waals surface area (Å²) in [6, 6.07) is 0. The number of halogens is 1. The number of hydrogen-bond donors (Lipinski definition) is 0. The van der Waals surface area contributed by atoms with Gasteiger partial charge in [-0.25, -0.2) is 0 Å². The first-order valence-electron chi connectivity index (χ1n) is 1.24. The van der Waals surface area contributed by atoms with E-state index in [1.807, 2.05) is 0 Å². The van der Waals surface area contributed by atoms with E-state index in [2.05, 4.69) is 15.9 Å². The molecule has 5 heavy (non-hydrogen) atoms. The van der Waals surface area contributed by atoms with Crippen molar-refractivity contribution in [1.82, 2.24) is 0 Å². The van der Waals surface area contributed by atoms with Gasteiger partial charge in [0, 0.05) is 0 Å². The minimum absolute atomic E-state index is 0.663. The van der Waals surface area contributed by atoms with Gasteiger partial charge in [-0.2, -0.15) is 0 Å². The molecule has 0 spiro atoms. The summed E-state index contributed by atoms with van der Waals surface area (Å²) in [7, 11) is 1.49. The lowest BCUT2D eigenvalue weighted by Crippen LogP contribution is -1.89. The van der Waals surface area contributed by atoms with Gasteiger partial charge in [0.25, 0.3) is 0 Å². The van der Waals surface area contributed by atoms with E-state index < -0.39 is 0 Å². The highest BCUT2D eigenvalue weighted by molar-refractivity contribution is 9.09. The highest BCUT2D eigenvalue weighted by Crippen LogP contribution is 1.68. The zero-order chi connectivity index (χ0) is 4.12. The smallest absolute Gasteiger partial charge is 0.209 e. The van der Waals surface area contributed by atoms with E-state index >= 15 is 0 Å². The van der Waals surface area contributed by atoms with Gasteiger partial charge in [-0.1, -0.05) is 0 Å². The zero-order valence-corrected chi connectivity index (χ0v) is 4.23. The lowest BCUT2D eigenvalue weighted by atomic mass is 9.86. The summed E-state index contributed by atoms with van der Waals surface area (Å²) in [5.74, 6) is 0. The molecule has 0 saturated carbocycles. The van der Waals surface area contributed by atoms with E-state index in [4.69, 9.17) is 0 Å².